The fourth-order valence-electron chi connectivity index (χ4n) is 7.82. The van der Waals surface area contributed by atoms with E-state index in [4.69, 9.17) is 4.98 Å². The number of hydrogen-bond acceptors (Lipinski definition) is 2. The van der Waals surface area contributed by atoms with E-state index in [-0.39, 0.29) is 0 Å². The molecular formula is C53H37N3. The van der Waals surface area contributed by atoms with Gasteiger partial charge in [-0.1, -0.05) is 164 Å². The number of aromatic nitrogens is 2. The topological polar surface area (TPSA) is 21.1 Å². The molecular weight excluding hydrogens is 679 g/mol. The van der Waals surface area contributed by atoms with Crippen LogP contribution in [0.25, 0.3) is 72.3 Å². The van der Waals surface area contributed by atoms with Gasteiger partial charge in [0.2, 0.25) is 0 Å². The van der Waals surface area contributed by atoms with Gasteiger partial charge in [0, 0.05) is 33.9 Å². The predicted octanol–water partition coefficient (Wildman–Crippen LogP) is 14.3. The van der Waals surface area contributed by atoms with Crippen molar-refractivity contribution in [1.82, 2.24) is 9.55 Å². The minimum absolute atomic E-state index is 0.927. The summed E-state index contributed by atoms with van der Waals surface area (Å²) in [7, 11) is 0. The molecule has 0 aliphatic rings. The maximum absolute atomic E-state index is 5.33. The number of imidazole rings is 1. The second-order valence-corrected chi connectivity index (χ2v) is 14.1. The second-order valence-electron chi connectivity index (χ2n) is 14.1. The molecule has 0 atom stereocenters. The molecule has 0 aliphatic carbocycles. The van der Waals surface area contributed by atoms with Crippen molar-refractivity contribution in [2.75, 3.05) is 4.90 Å². The Labute approximate surface area is 327 Å². The first-order chi connectivity index (χ1) is 27.8. The number of rotatable bonds is 8. The third kappa shape index (κ3) is 6.21. The van der Waals surface area contributed by atoms with Gasteiger partial charge in [-0.15, -0.1) is 0 Å². The highest BCUT2D eigenvalue weighted by Crippen LogP contribution is 2.39. The molecule has 264 valence electrons. The molecule has 0 unspecified atom stereocenters. The molecule has 10 rings (SSSR count). The van der Waals surface area contributed by atoms with Crippen LogP contribution < -0.4 is 4.90 Å². The number of nitrogens with zero attached hydrogens (tertiary/aromatic N) is 3. The number of fused-ring (bicyclic) bond motifs is 2. The van der Waals surface area contributed by atoms with Gasteiger partial charge in [-0.2, -0.15) is 0 Å². The first kappa shape index (κ1) is 33.1. The predicted molar refractivity (Wildman–Crippen MR) is 235 cm³/mol. The molecule has 0 amide bonds. The van der Waals surface area contributed by atoms with Crippen LogP contribution in [0.1, 0.15) is 0 Å². The highest BCUT2D eigenvalue weighted by Gasteiger charge is 2.18. The summed E-state index contributed by atoms with van der Waals surface area (Å²) in [4.78, 5) is 7.67. The molecule has 0 spiro atoms. The van der Waals surface area contributed by atoms with Gasteiger partial charge in [-0.3, -0.25) is 4.57 Å². The van der Waals surface area contributed by atoms with E-state index in [1.165, 1.54) is 21.9 Å². The number of benzene rings is 9. The van der Waals surface area contributed by atoms with Crippen LogP contribution in [0.2, 0.25) is 0 Å². The molecule has 1 heterocycles. The molecule has 0 aliphatic heterocycles. The Morgan fingerprint density at radius 2 is 0.857 bits per heavy atom. The molecule has 0 saturated heterocycles. The molecule has 0 N–H and O–H groups in total. The average Bonchev–Trinajstić information content (AvgIpc) is 3.68. The van der Waals surface area contributed by atoms with E-state index in [0.29, 0.717) is 0 Å². The van der Waals surface area contributed by atoms with Gasteiger partial charge < -0.3 is 4.90 Å². The van der Waals surface area contributed by atoms with E-state index in [1.54, 1.807) is 0 Å². The Balaban J connectivity index is 1.03. The van der Waals surface area contributed by atoms with Crippen LogP contribution in [0, 0.1) is 0 Å². The Morgan fingerprint density at radius 1 is 0.339 bits per heavy atom. The van der Waals surface area contributed by atoms with Crippen LogP contribution in [0.15, 0.2) is 224 Å². The average molecular weight is 716 g/mol. The van der Waals surface area contributed by atoms with Crippen molar-refractivity contribution < 1.29 is 0 Å². The Bertz CT molecular complexity index is 2930. The second kappa shape index (κ2) is 14.4. The SMILES string of the molecule is c1ccc(-c2ccc(N(c3ccc(-c4cccc(-c5cccc6c5nc(-c5ccccc5)n6-c5ccccc5)c4)cc3)c3ccc4ccccc4c3)cc2)cc1. The van der Waals surface area contributed by atoms with E-state index in [2.05, 4.69) is 228 Å². The smallest absolute Gasteiger partial charge is 0.145 e. The minimum atomic E-state index is 0.927. The van der Waals surface area contributed by atoms with Crippen LogP contribution in [0.4, 0.5) is 17.1 Å². The summed E-state index contributed by atoms with van der Waals surface area (Å²) < 4.78 is 2.27. The van der Waals surface area contributed by atoms with Crippen molar-refractivity contribution in [3.63, 3.8) is 0 Å². The molecule has 1 aromatic heterocycles. The zero-order chi connectivity index (χ0) is 37.3. The lowest BCUT2D eigenvalue weighted by Gasteiger charge is -2.26. The maximum atomic E-state index is 5.33. The summed E-state index contributed by atoms with van der Waals surface area (Å²) in [6.07, 6.45) is 0. The number of hydrogen-bond donors (Lipinski definition) is 0. The van der Waals surface area contributed by atoms with E-state index in [9.17, 15) is 0 Å². The van der Waals surface area contributed by atoms with E-state index in [1.807, 2.05) is 6.07 Å². The standard InChI is InChI=1S/C53H37N3/c1-4-14-38(15-5-1)40-26-31-47(32-27-40)55(49-35-30-39-16-10-11-19-44(39)37-49)48-33-28-41(29-34-48)43-20-12-21-45(36-43)50-24-13-25-51-52(50)54-53(42-17-6-2-7-18-42)56(51)46-22-8-3-9-23-46/h1-37H. The summed E-state index contributed by atoms with van der Waals surface area (Å²) in [5.41, 5.74) is 14.5. The minimum Gasteiger partial charge on any atom is -0.310 e. The quantitative estimate of drug-likeness (QED) is 0.156. The van der Waals surface area contributed by atoms with Crippen LogP contribution in [-0.2, 0) is 0 Å². The lowest BCUT2D eigenvalue weighted by molar-refractivity contribution is 1.10. The lowest BCUT2D eigenvalue weighted by Crippen LogP contribution is -2.09. The third-order valence-corrected chi connectivity index (χ3v) is 10.6. The zero-order valence-electron chi connectivity index (χ0n) is 30.7. The van der Waals surface area contributed by atoms with Crippen LogP contribution in [0.5, 0.6) is 0 Å². The molecule has 56 heavy (non-hydrogen) atoms. The molecule has 3 heteroatoms. The van der Waals surface area contributed by atoms with Gasteiger partial charge in [0.1, 0.15) is 5.82 Å². The summed E-state index contributed by atoms with van der Waals surface area (Å²) in [6.45, 7) is 0. The lowest BCUT2D eigenvalue weighted by atomic mass is 9.98. The van der Waals surface area contributed by atoms with Crippen LogP contribution >= 0.6 is 0 Å². The van der Waals surface area contributed by atoms with Crippen molar-refractivity contribution >= 4 is 38.9 Å². The summed E-state index contributed by atoms with van der Waals surface area (Å²) in [5.74, 6) is 0.927. The number of para-hydroxylation sites is 2. The van der Waals surface area contributed by atoms with Gasteiger partial charge in [-0.05, 0) is 99.3 Å². The molecule has 0 radical (unpaired) electrons. The molecule has 0 bridgehead atoms. The highest BCUT2D eigenvalue weighted by molar-refractivity contribution is 5.96. The molecule has 0 fully saturated rings. The van der Waals surface area contributed by atoms with Crippen molar-refractivity contribution in [3.8, 4) is 50.5 Å². The van der Waals surface area contributed by atoms with Gasteiger partial charge >= 0.3 is 0 Å². The first-order valence-corrected chi connectivity index (χ1v) is 19.0. The normalized spacial score (nSPS) is 11.2. The molecule has 0 saturated carbocycles. The van der Waals surface area contributed by atoms with Gasteiger partial charge in [0.25, 0.3) is 0 Å². The fraction of sp³-hybridized carbons (Fsp3) is 0. The first-order valence-electron chi connectivity index (χ1n) is 19.0. The Kier molecular flexibility index (Phi) is 8.51. The largest absolute Gasteiger partial charge is 0.310 e. The van der Waals surface area contributed by atoms with Crippen LogP contribution in [0.3, 0.4) is 0 Å². The van der Waals surface area contributed by atoms with Crippen molar-refractivity contribution in [3.05, 3.63) is 224 Å². The van der Waals surface area contributed by atoms with Crippen molar-refractivity contribution in [2.45, 2.75) is 0 Å². The summed E-state index contributed by atoms with van der Waals surface area (Å²) >= 11 is 0. The van der Waals surface area contributed by atoms with E-state index >= 15 is 0 Å². The van der Waals surface area contributed by atoms with Gasteiger partial charge in [0.15, 0.2) is 0 Å². The zero-order valence-corrected chi connectivity index (χ0v) is 30.7. The molecule has 10 aromatic rings. The Hall–Kier alpha value is -7.49. The fourth-order valence-corrected chi connectivity index (χ4v) is 7.82. The maximum Gasteiger partial charge on any atom is 0.145 e. The van der Waals surface area contributed by atoms with Crippen LogP contribution in [-0.4, -0.2) is 9.55 Å². The third-order valence-electron chi connectivity index (χ3n) is 10.6. The monoisotopic (exact) mass is 715 g/mol. The van der Waals surface area contributed by atoms with Gasteiger partial charge in [0.05, 0.1) is 11.0 Å². The summed E-state index contributed by atoms with van der Waals surface area (Å²) in [5, 5.41) is 2.44. The number of anilines is 3. The van der Waals surface area contributed by atoms with E-state index < -0.39 is 0 Å². The Morgan fingerprint density at radius 3 is 1.55 bits per heavy atom. The van der Waals surface area contributed by atoms with Crippen molar-refractivity contribution in [1.29, 1.82) is 0 Å². The summed E-state index contributed by atoms with van der Waals surface area (Å²) in [6, 6.07) is 79.9. The molecule has 3 nitrogen and oxygen atoms in total. The van der Waals surface area contributed by atoms with Gasteiger partial charge in [-0.25, -0.2) is 4.98 Å². The van der Waals surface area contributed by atoms with Crippen molar-refractivity contribution in [2.24, 2.45) is 0 Å². The molecule has 9 aromatic carbocycles. The highest BCUT2D eigenvalue weighted by atomic mass is 15.1. The van der Waals surface area contributed by atoms with E-state index in [0.717, 1.165) is 67.4 Å².